The Kier molecular flexibility index (Phi) is 5.36. The lowest BCUT2D eigenvalue weighted by atomic mass is 9.97. The van der Waals surface area contributed by atoms with Gasteiger partial charge in [0.1, 0.15) is 5.82 Å². The van der Waals surface area contributed by atoms with E-state index in [4.69, 9.17) is 4.98 Å². The van der Waals surface area contributed by atoms with E-state index in [0.717, 1.165) is 48.1 Å². The summed E-state index contributed by atoms with van der Waals surface area (Å²) in [5.74, 6) is 2.23. The Morgan fingerprint density at radius 3 is 2.40 bits per heavy atom. The molecule has 1 aliphatic rings. The number of aromatic amines is 1. The summed E-state index contributed by atoms with van der Waals surface area (Å²) < 4.78 is 0. The van der Waals surface area contributed by atoms with Gasteiger partial charge in [0.25, 0.3) is 0 Å². The van der Waals surface area contributed by atoms with Crippen LogP contribution >= 0.6 is 0 Å². The lowest BCUT2D eigenvalue weighted by Gasteiger charge is -2.31. The third-order valence-corrected chi connectivity index (χ3v) is 5.72. The number of nitrogens with zero attached hydrogens (tertiary/aromatic N) is 4. The molecule has 0 spiro atoms. The minimum atomic E-state index is 0.431. The maximum absolute atomic E-state index is 4.89. The zero-order valence-corrected chi connectivity index (χ0v) is 16.9. The SMILES string of the molecule is c1ccc(CN2CCC[C@H](c3nc(-c4cnc(-c5ccccc5)nc4)c[nH]3)C2)cc1. The van der Waals surface area contributed by atoms with Gasteiger partial charge in [0, 0.05) is 48.7 Å². The number of hydrogen-bond acceptors (Lipinski definition) is 4. The van der Waals surface area contributed by atoms with E-state index in [1.165, 1.54) is 18.4 Å². The molecular weight excluding hydrogens is 370 g/mol. The zero-order chi connectivity index (χ0) is 20.2. The molecule has 1 atom stereocenters. The quantitative estimate of drug-likeness (QED) is 0.521. The number of likely N-dealkylation sites (tertiary alicyclic amines) is 1. The molecule has 0 aliphatic carbocycles. The number of rotatable bonds is 5. The highest BCUT2D eigenvalue weighted by atomic mass is 15.1. The standard InChI is InChI=1S/C25H25N5/c1-3-8-19(9-4-1)17-30-13-7-12-21(18-30)25-28-16-23(29-25)22-14-26-24(27-15-22)20-10-5-2-6-11-20/h1-6,8-11,14-16,21H,7,12-13,17-18H2,(H,28,29)/t21-/m0/s1. The first-order valence-corrected chi connectivity index (χ1v) is 10.5. The van der Waals surface area contributed by atoms with Crippen LogP contribution in [0.1, 0.15) is 30.1 Å². The van der Waals surface area contributed by atoms with Crippen LogP contribution in [0.5, 0.6) is 0 Å². The van der Waals surface area contributed by atoms with Gasteiger partial charge in [-0.3, -0.25) is 4.90 Å². The molecule has 3 heterocycles. The van der Waals surface area contributed by atoms with Crippen molar-refractivity contribution in [2.75, 3.05) is 13.1 Å². The van der Waals surface area contributed by atoms with Crippen LogP contribution in [0.3, 0.4) is 0 Å². The summed E-state index contributed by atoms with van der Waals surface area (Å²) in [5.41, 5.74) is 4.24. The fourth-order valence-electron chi connectivity index (χ4n) is 4.15. The average molecular weight is 396 g/mol. The lowest BCUT2D eigenvalue weighted by Crippen LogP contribution is -2.34. The minimum Gasteiger partial charge on any atom is -0.348 e. The van der Waals surface area contributed by atoms with Crippen LogP contribution in [0, 0.1) is 0 Å². The van der Waals surface area contributed by atoms with Crippen molar-refractivity contribution < 1.29 is 0 Å². The van der Waals surface area contributed by atoms with E-state index in [9.17, 15) is 0 Å². The summed E-state index contributed by atoms with van der Waals surface area (Å²) in [6, 6.07) is 20.7. The van der Waals surface area contributed by atoms with Gasteiger partial charge in [0.2, 0.25) is 0 Å². The van der Waals surface area contributed by atoms with E-state index in [1.54, 1.807) is 0 Å². The number of benzene rings is 2. The Morgan fingerprint density at radius 1 is 0.900 bits per heavy atom. The second-order valence-electron chi connectivity index (χ2n) is 7.89. The predicted octanol–water partition coefficient (Wildman–Crippen LogP) is 4.91. The number of H-pyrrole nitrogens is 1. The third kappa shape index (κ3) is 4.16. The molecule has 0 bridgehead atoms. The topological polar surface area (TPSA) is 57.7 Å². The minimum absolute atomic E-state index is 0.431. The van der Waals surface area contributed by atoms with Crippen LogP contribution in [0.4, 0.5) is 0 Å². The predicted molar refractivity (Wildman–Crippen MR) is 119 cm³/mol. The van der Waals surface area contributed by atoms with E-state index >= 15 is 0 Å². The molecule has 5 rings (SSSR count). The highest BCUT2D eigenvalue weighted by Crippen LogP contribution is 2.28. The van der Waals surface area contributed by atoms with Gasteiger partial charge in [-0.15, -0.1) is 0 Å². The molecule has 5 nitrogen and oxygen atoms in total. The Morgan fingerprint density at radius 2 is 1.63 bits per heavy atom. The summed E-state index contributed by atoms with van der Waals surface area (Å²) in [7, 11) is 0. The van der Waals surface area contributed by atoms with Crippen molar-refractivity contribution in [3.8, 4) is 22.6 Å². The number of hydrogen-bond donors (Lipinski definition) is 1. The van der Waals surface area contributed by atoms with Crippen LogP contribution in [0.15, 0.2) is 79.3 Å². The molecule has 2 aromatic heterocycles. The van der Waals surface area contributed by atoms with Crippen LogP contribution in [-0.4, -0.2) is 37.9 Å². The molecule has 1 fully saturated rings. The van der Waals surface area contributed by atoms with Crippen LogP contribution < -0.4 is 0 Å². The van der Waals surface area contributed by atoms with Crippen molar-refractivity contribution in [2.24, 2.45) is 0 Å². The van der Waals surface area contributed by atoms with Gasteiger partial charge in [0.05, 0.1) is 5.69 Å². The highest BCUT2D eigenvalue weighted by molar-refractivity contribution is 5.60. The Balaban J connectivity index is 1.28. The summed E-state index contributed by atoms with van der Waals surface area (Å²) in [6.45, 7) is 3.18. The van der Waals surface area contributed by atoms with Gasteiger partial charge in [-0.1, -0.05) is 60.7 Å². The van der Waals surface area contributed by atoms with E-state index in [2.05, 4.69) is 50.2 Å². The van der Waals surface area contributed by atoms with Crippen molar-refractivity contribution >= 4 is 0 Å². The van der Waals surface area contributed by atoms with Crippen molar-refractivity contribution in [3.63, 3.8) is 0 Å². The summed E-state index contributed by atoms with van der Waals surface area (Å²) >= 11 is 0. The fraction of sp³-hybridized carbons (Fsp3) is 0.240. The molecule has 30 heavy (non-hydrogen) atoms. The third-order valence-electron chi connectivity index (χ3n) is 5.72. The first-order valence-electron chi connectivity index (χ1n) is 10.5. The van der Waals surface area contributed by atoms with E-state index in [0.29, 0.717) is 5.92 Å². The normalized spacial score (nSPS) is 17.1. The van der Waals surface area contributed by atoms with Crippen LogP contribution in [-0.2, 0) is 6.54 Å². The Bertz CT molecular complexity index is 1070. The largest absolute Gasteiger partial charge is 0.348 e. The van der Waals surface area contributed by atoms with Crippen LogP contribution in [0.25, 0.3) is 22.6 Å². The highest BCUT2D eigenvalue weighted by Gasteiger charge is 2.24. The number of imidazole rings is 1. The fourth-order valence-corrected chi connectivity index (χ4v) is 4.15. The smallest absolute Gasteiger partial charge is 0.159 e. The van der Waals surface area contributed by atoms with E-state index < -0.39 is 0 Å². The monoisotopic (exact) mass is 395 g/mol. The number of piperidine rings is 1. The number of aromatic nitrogens is 4. The second kappa shape index (κ2) is 8.59. The Hall–Kier alpha value is -3.31. The van der Waals surface area contributed by atoms with Crippen LogP contribution in [0.2, 0.25) is 0 Å². The molecule has 4 aromatic rings. The van der Waals surface area contributed by atoms with Gasteiger partial charge >= 0.3 is 0 Å². The molecule has 1 aliphatic heterocycles. The summed E-state index contributed by atoms with van der Waals surface area (Å²) in [6.07, 6.45) is 8.06. The molecule has 5 heteroatoms. The lowest BCUT2D eigenvalue weighted by molar-refractivity contribution is 0.197. The van der Waals surface area contributed by atoms with Gasteiger partial charge in [-0.25, -0.2) is 15.0 Å². The van der Waals surface area contributed by atoms with Crippen molar-refractivity contribution in [2.45, 2.75) is 25.3 Å². The summed E-state index contributed by atoms with van der Waals surface area (Å²) in [5, 5.41) is 0. The first kappa shape index (κ1) is 18.7. The zero-order valence-electron chi connectivity index (χ0n) is 16.9. The second-order valence-corrected chi connectivity index (χ2v) is 7.89. The van der Waals surface area contributed by atoms with Gasteiger partial charge in [0.15, 0.2) is 5.82 Å². The molecule has 0 saturated carbocycles. The molecule has 0 unspecified atom stereocenters. The number of nitrogens with one attached hydrogen (secondary N) is 1. The van der Waals surface area contributed by atoms with E-state index in [-0.39, 0.29) is 0 Å². The van der Waals surface area contributed by atoms with Crippen molar-refractivity contribution in [1.29, 1.82) is 0 Å². The molecule has 1 N–H and O–H groups in total. The van der Waals surface area contributed by atoms with E-state index in [1.807, 2.05) is 48.9 Å². The van der Waals surface area contributed by atoms with Crippen molar-refractivity contribution in [1.82, 2.24) is 24.8 Å². The molecule has 0 amide bonds. The van der Waals surface area contributed by atoms with Gasteiger partial charge in [-0.2, -0.15) is 0 Å². The maximum Gasteiger partial charge on any atom is 0.159 e. The molecular formula is C25H25N5. The molecule has 0 radical (unpaired) electrons. The maximum atomic E-state index is 4.89. The Labute approximate surface area is 176 Å². The van der Waals surface area contributed by atoms with Crippen molar-refractivity contribution in [3.05, 3.63) is 90.6 Å². The average Bonchev–Trinajstić information content (AvgIpc) is 3.31. The summed E-state index contributed by atoms with van der Waals surface area (Å²) in [4.78, 5) is 19.9. The molecule has 2 aromatic carbocycles. The van der Waals surface area contributed by atoms with Gasteiger partial charge in [-0.05, 0) is 24.9 Å². The molecule has 150 valence electrons. The first-order chi connectivity index (χ1) is 14.8. The van der Waals surface area contributed by atoms with Gasteiger partial charge < -0.3 is 4.98 Å². The molecule has 1 saturated heterocycles.